The molecule has 1 heterocycles. The van der Waals surface area contributed by atoms with Crippen molar-refractivity contribution in [3.05, 3.63) is 41.8 Å². The van der Waals surface area contributed by atoms with Crippen LogP contribution in [0.5, 0.6) is 5.75 Å². The van der Waals surface area contributed by atoms with Crippen molar-refractivity contribution in [1.82, 2.24) is 5.16 Å². The molecule has 0 aliphatic heterocycles. The lowest BCUT2D eigenvalue weighted by Crippen LogP contribution is -2.31. The molecular formula is C13H14N2O3. The third-order valence-corrected chi connectivity index (χ3v) is 2.70. The lowest BCUT2D eigenvalue weighted by Gasteiger charge is -2.21. The maximum absolute atomic E-state index is 12.2. The average molecular weight is 246 g/mol. The Morgan fingerprint density at radius 1 is 1.44 bits per heavy atom. The lowest BCUT2D eigenvalue weighted by molar-refractivity contribution is 0.0979. The fourth-order valence-corrected chi connectivity index (χ4v) is 1.77. The van der Waals surface area contributed by atoms with E-state index in [1.54, 1.807) is 23.1 Å². The van der Waals surface area contributed by atoms with Gasteiger partial charge in [0.25, 0.3) is 5.91 Å². The van der Waals surface area contributed by atoms with Crippen LogP contribution in [0.4, 0.5) is 5.69 Å². The number of aromatic nitrogens is 1. The third-order valence-electron chi connectivity index (χ3n) is 2.70. The molecular weight excluding hydrogens is 232 g/mol. The van der Waals surface area contributed by atoms with Gasteiger partial charge in [-0.05, 0) is 25.5 Å². The van der Waals surface area contributed by atoms with Crippen molar-refractivity contribution in [3.63, 3.8) is 0 Å². The number of phenols is 1. The molecule has 0 unspecified atom stereocenters. The number of aromatic hydroxyl groups is 1. The van der Waals surface area contributed by atoms with E-state index < -0.39 is 0 Å². The van der Waals surface area contributed by atoms with Gasteiger partial charge >= 0.3 is 0 Å². The number of rotatable bonds is 3. The number of benzene rings is 1. The van der Waals surface area contributed by atoms with Crippen molar-refractivity contribution < 1.29 is 14.4 Å². The molecule has 0 atom stereocenters. The fraction of sp³-hybridized carbons (Fsp3) is 0.231. The van der Waals surface area contributed by atoms with Crippen LogP contribution in [0, 0.1) is 6.92 Å². The van der Waals surface area contributed by atoms with Crippen LogP contribution in [0.15, 0.2) is 35.1 Å². The largest absolute Gasteiger partial charge is 0.508 e. The van der Waals surface area contributed by atoms with E-state index in [1.807, 2.05) is 13.8 Å². The molecule has 5 heteroatoms. The van der Waals surface area contributed by atoms with Crippen LogP contribution in [0.25, 0.3) is 0 Å². The summed E-state index contributed by atoms with van der Waals surface area (Å²) in [5.41, 5.74) is 1.83. The second-order valence-electron chi connectivity index (χ2n) is 3.90. The van der Waals surface area contributed by atoms with Crippen molar-refractivity contribution in [2.75, 3.05) is 11.4 Å². The minimum atomic E-state index is -0.250. The number of anilines is 1. The van der Waals surface area contributed by atoms with Crippen molar-refractivity contribution in [3.8, 4) is 5.75 Å². The summed E-state index contributed by atoms with van der Waals surface area (Å²) in [6.07, 6.45) is 1.36. The molecule has 1 aromatic carbocycles. The van der Waals surface area contributed by atoms with Crippen molar-refractivity contribution in [1.29, 1.82) is 0 Å². The Morgan fingerprint density at radius 3 is 2.83 bits per heavy atom. The van der Waals surface area contributed by atoms with Gasteiger partial charge in [-0.2, -0.15) is 0 Å². The number of nitrogens with zero attached hydrogens (tertiary/aromatic N) is 2. The zero-order valence-electron chi connectivity index (χ0n) is 10.3. The van der Waals surface area contributed by atoms with Crippen LogP contribution in [0.2, 0.25) is 0 Å². The van der Waals surface area contributed by atoms with E-state index in [0.717, 1.165) is 5.56 Å². The van der Waals surface area contributed by atoms with Gasteiger partial charge in [0.1, 0.15) is 12.0 Å². The van der Waals surface area contributed by atoms with E-state index in [1.165, 1.54) is 12.3 Å². The third kappa shape index (κ3) is 2.20. The first-order valence-electron chi connectivity index (χ1n) is 5.65. The minimum Gasteiger partial charge on any atom is -0.508 e. The lowest BCUT2D eigenvalue weighted by atomic mass is 10.1. The number of carbonyl (C=O) groups excluding carboxylic acids is 1. The molecule has 5 nitrogen and oxygen atoms in total. The Balaban J connectivity index is 2.39. The highest BCUT2D eigenvalue weighted by Crippen LogP contribution is 2.25. The van der Waals surface area contributed by atoms with Crippen LogP contribution < -0.4 is 4.90 Å². The monoisotopic (exact) mass is 246 g/mol. The summed E-state index contributed by atoms with van der Waals surface area (Å²) in [6, 6.07) is 6.44. The van der Waals surface area contributed by atoms with Gasteiger partial charge < -0.3 is 14.5 Å². The first-order chi connectivity index (χ1) is 8.63. The average Bonchev–Trinajstić information content (AvgIpc) is 2.88. The number of phenolic OH excluding ortho intramolecular Hbond substituents is 1. The standard InChI is InChI=1S/C13H14N2O3/c1-3-15(13(17)11-6-7-18-14-11)12-8-10(16)5-4-9(12)2/h4-8,16H,3H2,1-2H3. The Hall–Kier alpha value is -2.30. The summed E-state index contributed by atoms with van der Waals surface area (Å²) in [6.45, 7) is 4.23. The predicted molar refractivity (Wildman–Crippen MR) is 66.7 cm³/mol. The Bertz CT molecular complexity index is 549. The van der Waals surface area contributed by atoms with Gasteiger partial charge in [-0.3, -0.25) is 4.79 Å². The number of hydrogen-bond donors (Lipinski definition) is 1. The summed E-state index contributed by atoms with van der Waals surface area (Å²) in [5.74, 6) is -0.123. The van der Waals surface area contributed by atoms with Crippen molar-refractivity contribution in [2.24, 2.45) is 0 Å². The zero-order valence-corrected chi connectivity index (χ0v) is 10.3. The van der Waals surface area contributed by atoms with E-state index in [2.05, 4.69) is 9.68 Å². The highest BCUT2D eigenvalue weighted by molar-refractivity contribution is 6.05. The molecule has 0 fully saturated rings. The molecule has 1 aromatic heterocycles. The summed E-state index contributed by atoms with van der Waals surface area (Å²) >= 11 is 0. The number of amides is 1. The summed E-state index contributed by atoms with van der Waals surface area (Å²) in [4.78, 5) is 13.8. The first-order valence-corrected chi connectivity index (χ1v) is 5.65. The molecule has 2 aromatic rings. The predicted octanol–water partition coefficient (Wildman–Crippen LogP) is 2.36. The van der Waals surface area contributed by atoms with Gasteiger partial charge in [-0.25, -0.2) is 0 Å². The van der Waals surface area contributed by atoms with Gasteiger partial charge in [0.2, 0.25) is 0 Å². The van der Waals surface area contributed by atoms with Crippen molar-refractivity contribution >= 4 is 11.6 Å². The molecule has 2 rings (SSSR count). The molecule has 18 heavy (non-hydrogen) atoms. The van der Waals surface area contributed by atoms with E-state index in [-0.39, 0.29) is 17.4 Å². The Morgan fingerprint density at radius 2 is 2.22 bits per heavy atom. The van der Waals surface area contributed by atoms with Gasteiger partial charge in [0, 0.05) is 18.7 Å². The van der Waals surface area contributed by atoms with Gasteiger partial charge in [0.15, 0.2) is 5.69 Å². The molecule has 0 aliphatic rings. The summed E-state index contributed by atoms with van der Waals surface area (Å²) in [5, 5.41) is 13.2. The molecule has 0 saturated heterocycles. The summed E-state index contributed by atoms with van der Waals surface area (Å²) in [7, 11) is 0. The van der Waals surface area contributed by atoms with E-state index >= 15 is 0 Å². The molecule has 1 N–H and O–H groups in total. The fourth-order valence-electron chi connectivity index (χ4n) is 1.77. The van der Waals surface area contributed by atoms with Gasteiger partial charge in [0.05, 0.1) is 5.69 Å². The first kappa shape index (κ1) is 12.2. The molecule has 94 valence electrons. The van der Waals surface area contributed by atoms with E-state index in [4.69, 9.17) is 0 Å². The second kappa shape index (κ2) is 4.91. The molecule has 0 radical (unpaired) electrons. The number of hydrogen-bond acceptors (Lipinski definition) is 4. The van der Waals surface area contributed by atoms with E-state index in [9.17, 15) is 9.90 Å². The quantitative estimate of drug-likeness (QED) is 0.902. The maximum Gasteiger partial charge on any atom is 0.280 e. The minimum absolute atomic E-state index is 0.127. The Labute approximate surface area is 105 Å². The van der Waals surface area contributed by atoms with Crippen molar-refractivity contribution in [2.45, 2.75) is 13.8 Å². The molecule has 0 bridgehead atoms. The van der Waals surface area contributed by atoms with Crippen LogP contribution in [-0.4, -0.2) is 22.7 Å². The molecule has 0 saturated carbocycles. The second-order valence-corrected chi connectivity index (χ2v) is 3.90. The molecule has 0 spiro atoms. The molecule has 0 aliphatic carbocycles. The SMILES string of the molecule is CCN(C(=O)c1ccon1)c1cc(O)ccc1C. The smallest absolute Gasteiger partial charge is 0.280 e. The zero-order chi connectivity index (χ0) is 13.1. The van der Waals surface area contributed by atoms with Crippen LogP contribution >= 0.6 is 0 Å². The number of carbonyl (C=O) groups is 1. The topological polar surface area (TPSA) is 66.6 Å². The molecule has 1 amide bonds. The van der Waals surface area contributed by atoms with Crippen LogP contribution in [0.3, 0.4) is 0 Å². The van der Waals surface area contributed by atoms with Gasteiger partial charge in [-0.15, -0.1) is 0 Å². The normalized spacial score (nSPS) is 10.3. The van der Waals surface area contributed by atoms with Crippen LogP contribution in [0.1, 0.15) is 23.0 Å². The van der Waals surface area contributed by atoms with Crippen LogP contribution in [-0.2, 0) is 0 Å². The summed E-state index contributed by atoms with van der Waals surface area (Å²) < 4.78 is 4.67. The van der Waals surface area contributed by atoms with Gasteiger partial charge in [-0.1, -0.05) is 11.2 Å². The highest BCUT2D eigenvalue weighted by Gasteiger charge is 2.20. The van der Waals surface area contributed by atoms with E-state index in [0.29, 0.717) is 12.2 Å². The maximum atomic E-state index is 12.2. The Kier molecular flexibility index (Phi) is 3.32. The number of aryl methyl sites for hydroxylation is 1. The highest BCUT2D eigenvalue weighted by atomic mass is 16.5.